The summed E-state index contributed by atoms with van der Waals surface area (Å²) in [5.41, 5.74) is 4.79. The lowest BCUT2D eigenvalue weighted by molar-refractivity contribution is 0.126. The average molecular weight is 494 g/mol. The number of tetrazole rings is 1. The third-order valence-electron chi connectivity index (χ3n) is 6.58. The van der Waals surface area contributed by atoms with Crippen molar-refractivity contribution in [2.24, 2.45) is 5.92 Å². The summed E-state index contributed by atoms with van der Waals surface area (Å²) in [6.45, 7) is 7.99. The van der Waals surface area contributed by atoms with E-state index >= 15 is 0 Å². The van der Waals surface area contributed by atoms with Crippen LogP contribution < -0.4 is 5.56 Å². The molecular formula is C29H31N7O. The van der Waals surface area contributed by atoms with Crippen LogP contribution in [0.2, 0.25) is 0 Å². The van der Waals surface area contributed by atoms with E-state index in [1.165, 1.54) is 0 Å². The average Bonchev–Trinajstić information content (AvgIpc) is 3.33. The molecule has 2 aromatic carbocycles. The summed E-state index contributed by atoms with van der Waals surface area (Å²) < 4.78 is 1.87. The standard InChI is InChI=1S/C29H31N7O/c1-20(2)27(28-32-33-34-36(28)18-22-8-5-4-6-9-22)35(17-23-10-7-13-30-16-23)19-25-15-24-14-21(3)11-12-26(24)31-29(25)37/h4-16,20,27H,17-19H2,1-3H3,(H,31,37). The van der Waals surface area contributed by atoms with Crippen molar-refractivity contribution in [3.8, 4) is 0 Å². The summed E-state index contributed by atoms with van der Waals surface area (Å²) in [4.78, 5) is 22.8. The van der Waals surface area contributed by atoms with Crippen molar-refractivity contribution >= 4 is 10.9 Å². The van der Waals surface area contributed by atoms with Gasteiger partial charge in [0.15, 0.2) is 5.82 Å². The molecule has 0 amide bonds. The molecule has 8 nitrogen and oxygen atoms in total. The van der Waals surface area contributed by atoms with Crippen molar-refractivity contribution in [3.63, 3.8) is 0 Å². The molecule has 37 heavy (non-hydrogen) atoms. The van der Waals surface area contributed by atoms with Crippen molar-refractivity contribution in [1.29, 1.82) is 0 Å². The molecule has 0 fully saturated rings. The second-order valence-corrected chi connectivity index (χ2v) is 9.85. The summed E-state index contributed by atoms with van der Waals surface area (Å²) in [5, 5.41) is 13.9. The van der Waals surface area contributed by atoms with E-state index < -0.39 is 0 Å². The van der Waals surface area contributed by atoms with Gasteiger partial charge < -0.3 is 4.98 Å². The highest BCUT2D eigenvalue weighted by Crippen LogP contribution is 2.30. The van der Waals surface area contributed by atoms with E-state index in [0.29, 0.717) is 25.2 Å². The summed E-state index contributed by atoms with van der Waals surface area (Å²) in [6, 6.07) is 22.1. The first-order valence-electron chi connectivity index (χ1n) is 12.5. The molecule has 0 radical (unpaired) electrons. The monoisotopic (exact) mass is 493 g/mol. The third-order valence-corrected chi connectivity index (χ3v) is 6.58. The van der Waals surface area contributed by atoms with Gasteiger partial charge in [0.25, 0.3) is 5.56 Å². The number of aromatic nitrogens is 6. The topological polar surface area (TPSA) is 92.6 Å². The molecule has 0 spiro atoms. The zero-order valence-electron chi connectivity index (χ0n) is 21.4. The van der Waals surface area contributed by atoms with Crippen molar-refractivity contribution in [2.75, 3.05) is 0 Å². The number of hydrogen-bond acceptors (Lipinski definition) is 6. The van der Waals surface area contributed by atoms with Gasteiger partial charge in [-0.1, -0.05) is 61.9 Å². The Labute approximate surface area is 216 Å². The molecule has 0 aliphatic rings. The highest BCUT2D eigenvalue weighted by Gasteiger charge is 2.30. The Morgan fingerprint density at radius 1 is 0.973 bits per heavy atom. The number of nitrogens with zero attached hydrogens (tertiary/aromatic N) is 6. The van der Waals surface area contributed by atoms with E-state index in [2.05, 4.69) is 75.4 Å². The van der Waals surface area contributed by atoms with Crippen LogP contribution in [-0.4, -0.2) is 35.1 Å². The number of H-pyrrole nitrogens is 1. The maximum absolute atomic E-state index is 13.2. The summed E-state index contributed by atoms with van der Waals surface area (Å²) in [6.07, 6.45) is 3.63. The number of aromatic amines is 1. The normalized spacial score (nSPS) is 12.5. The predicted molar refractivity (Wildman–Crippen MR) is 144 cm³/mol. The second-order valence-electron chi connectivity index (χ2n) is 9.85. The molecular weight excluding hydrogens is 462 g/mol. The van der Waals surface area contributed by atoms with Gasteiger partial charge in [0.05, 0.1) is 12.6 Å². The Bertz CT molecular complexity index is 1530. The fourth-order valence-corrected chi connectivity index (χ4v) is 4.86. The van der Waals surface area contributed by atoms with Gasteiger partial charge >= 0.3 is 0 Å². The number of benzene rings is 2. The molecule has 3 aromatic heterocycles. The quantitative estimate of drug-likeness (QED) is 0.321. The van der Waals surface area contributed by atoms with Crippen LogP contribution in [0.4, 0.5) is 0 Å². The van der Waals surface area contributed by atoms with Crippen LogP contribution in [0.25, 0.3) is 10.9 Å². The van der Waals surface area contributed by atoms with Gasteiger partial charge in [-0.2, -0.15) is 0 Å². The van der Waals surface area contributed by atoms with Gasteiger partial charge in [-0.05, 0) is 64.0 Å². The molecule has 0 saturated heterocycles. The lowest BCUT2D eigenvalue weighted by atomic mass is 9.99. The van der Waals surface area contributed by atoms with Crippen LogP contribution >= 0.6 is 0 Å². The van der Waals surface area contributed by atoms with Crippen LogP contribution in [0.5, 0.6) is 0 Å². The number of hydrogen-bond donors (Lipinski definition) is 1. The predicted octanol–water partition coefficient (Wildman–Crippen LogP) is 4.67. The zero-order chi connectivity index (χ0) is 25.8. The van der Waals surface area contributed by atoms with E-state index in [-0.39, 0.29) is 17.5 Å². The molecule has 0 saturated carbocycles. The highest BCUT2D eigenvalue weighted by atomic mass is 16.1. The van der Waals surface area contributed by atoms with Gasteiger partial charge in [0.2, 0.25) is 0 Å². The number of nitrogens with one attached hydrogen (secondary N) is 1. The third kappa shape index (κ3) is 5.65. The Hall–Kier alpha value is -4.17. The number of rotatable bonds is 9. The second kappa shape index (κ2) is 10.8. The van der Waals surface area contributed by atoms with Crippen LogP contribution in [0.1, 0.15) is 48.0 Å². The molecule has 0 bridgehead atoms. The minimum Gasteiger partial charge on any atom is -0.322 e. The van der Waals surface area contributed by atoms with E-state index in [1.807, 2.05) is 53.3 Å². The van der Waals surface area contributed by atoms with Gasteiger partial charge in [-0.3, -0.25) is 14.7 Å². The van der Waals surface area contributed by atoms with Crippen LogP contribution in [0, 0.1) is 12.8 Å². The smallest absolute Gasteiger partial charge is 0.252 e. The maximum atomic E-state index is 13.2. The van der Waals surface area contributed by atoms with Gasteiger partial charge in [-0.15, -0.1) is 5.10 Å². The number of pyridine rings is 2. The van der Waals surface area contributed by atoms with Crippen molar-refractivity contribution in [3.05, 3.63) is 118 Å². The largest absolute Gasteiger partial charge is 0.322 e. The van der Waals surface area contributed by atoms with Crippen LogP contribution in [-0.2, 0) is 19.6 Å². The molecule has 1 atom stereocenters. The van der Waals surface area contributed by atoms with E-state index in [4.69, 9.17) is 0 Å². The minimum atomic E-state index is -0.133. The molecule has 5 rings (SSSR count). The van der Waals surface area contributed by atoms with Crippen molar-refractivity contribution < 1.29 is 0 Å². The van der Waals surface area contributed by atoms with E-state index in [9.17, 15) is 4.79 Å². The SMILES string of the molecule is Cc1ccc2[nH]c(=O)c(CN(Cc3cccnc3)C(c3nnnn3Cc3ccccc3)C(C)C)cc2c1. The summed E-state index contributed by atoms with van der Waals surface area (Å²) in [5.74, 6) is 0.954. The first-order valence-corrected chi connectivity index (χ1v) is 12.5. The zero-order valence-corrected chi connectivity index (χ0v) is 21.4. The highest BCUT2D eigenvalue weighted by molar-refractivity contribution is 5.79. The fourth-order valence-electron chi connectivity index (χ4n) is 4.86. The van der Waals surface area contributed by atoms with Crippen molar-refractivity contribution in [1.82, 2.24) is 35.1 Å². The minimum absolute atomic E-state index is 0.0843. The first-order chi connectivity index (χ1) is 18.0. The van der Waals surface area contributed by atoms with Crippen molar-refractivity contribution in [2.45, 2.75) is 46.4 Å². The molecule has 1 unspecified atom stereocenters. The van der Waals surface area contributed by atoms with Gasteiger partial charge in [-0.25, -0.2) is 4.68 Å². The lowest BCUT2D eigenvalue weighted by Gasteiger charge is -2.33. The van der Waals surface area contributed by atoms with Crippen LogP contribution in [0.15, 0.2) is 83.9 Å². The maximum Gasteiger partial charge on any atom is 0.252 e. The Morgan fingerprint density at radius 3 is 2.54 bits per heavy atom. The summed E-state index contributed by atoms with van der Waals surface area (Å²) in [7, 11) is 0. The molecule has 1 N–H and O–H groups in total. The van der Waals surface area contributed by atoms with Gasteiger partial charge in [0, 0.05) is 36.6 Å². The molecule has 8 heteroatoms. The Kier molecular flexibility index (Phi) is 7.18. The molecule has 0 aliphatic carbocycles. The Morgan fingerprint density at radius 2 is 1.78 bits per heavy atom. The number of aryl methyl sites for hydroxylation is 1. The fraction of sp³-hybridized carbons (Fsp3) is 0.276. The van der Waals surface area contributed by atoms with E-state index in [0.717, 1.165) is 33.4 Å². The summed E-state index contributed by atoms with van der Waals surface area (Å²) >= 11 is 0. The molecule has 0 aliphatic heterocycles. The van der Waals surface area contributed by atoms with Gasteiger partial charge in [0.1, 0.15) is 0 Å². The van der Waals surface area contributed by atoms with E-state index in [1.54, 1.807) is 6.20 Å². The first kappa shape index (κ1) is 24.5. The molecule has 188 valence electrons. The molecule has 3 heterocycles. The van der Waals surface area contributed by atoms with Crippen LogP contribution in [0.3, 0.4) is 0 Å². The Balaban J connectivity index is 1.55. The number of fused-ring (bicyclic) bond motifs is 1. The lowest BCUT2D eigenvalue weighted by Crippen LogP contribution is -2.35. The molecule has 5 aromatic rings.